The quantitative estimate of drug-likeness (QED) is 0.586. The van der Waals surface area contributed by atoms with Gasteiger partial charge in [-0.3, -0.25) is 0 Å². The van der Waals surface area contributed by atoms with Crippen molar-refractivity contribution >= 4 is 0 Å². The maximum absolute atomic E-state index is 3.22. The van der Waals surface area contributed by atoms with Crippen LogP contribution in [0.25, 0.3) is 0 Å². The zero-order valence-corrected chi connectivity index (χ0v) is 6.93. The van der Waals surface area contributed by atoms with E-state index in [1.54, 1.807) is 0 Å². The minimum Gasteiger partial charge on any atom is -0.319 e. The van der Waals surface area contributed by atoms with Gasteiger partial charge in [0.2, 0.25) is 0 Å². The maximum Gasteiger partial charge on any atom is 0.00138 e. The van der Waals surface area contributed by atoms with Crippen LogP contribution < -0.4 is 5.32 Å². The largest absolute Gasteiger partial charge is 0.319 e. The molecule has 1 heteroatoms. The van der Waals surface area contributed by atoms with Gasteiger partial charge in [0.1, 0.15) is 0 Å². The van der Waals surface area contributed by atoms with Crippen LogP contribution in [-0.4, -0.2) is 13.6 Å². The predicted octanol–water partition coefficient (Wildman–Crippen LogP) is 1.81. The molecule has 0 amide bonds. The number of hydrogen-bond acceptors (Lipinski definition) is 1. The minimum absolute atomic E-state index is 0.801. The highest BCUT2D eigenvalue weighted by Gasteiger charge is 2.28. The van der Waals surface area contributed by atoms with Gasteiger partial charge in [-0.25, -0.2) is 0 Å². The van der Waals surface area contributed by atoms with Crippen molar-refractivity contribution < 1.29 is 0 Å². The second kappa shape index (κ2) is 3.77. The van der Waals surface area contributed by atoms with Crippen LogP contribution in [-0.2, 0) is 0 Å². The first kappa shape index (κ1) is 7.80. The average molecular weight is 139 g/mol. The van der Waals surface area contributed by atoms with Crippen LogP contribution in [0.5, 0.6) is 0 Å². The summed E-state index contributed by atoms with van der Waals surface area (Å²) in [6.45, 7) is 3.25. The summed E-state index contributed by atoms with van der Waals surface area (Å²) in [5, 5.41) is 3.22. The molecule has 1 unspecified atom stereocenters. The Kier molecular flexibility index (Phi) is 2.94. The molecular formula is C9H17N. The lowest BCUT2D eigenvalue weighted by atomic mass is 10.0. The standard InChI is InChI=1S/C9H17N/c1-3-4-9(7-10-2)8-5-6-8/h3-4,8-10H,5-7H2,1-2H3/b4-3-. The summed E-state index contributed by atoms with van der Waals surface area (Å²) in [4.78, 5) is 0. The van der Waals surface area contributed by atoms with Crippen LogP contribution in [0.2, 0.25) is 0 Å². The Morgan fingerprint density at radius 2 is 2.30 bits per heavy atom. The summed E-state index contributed by atoms with van der Waals surface area (Å²) >= 11 is 0. The molecule has 0 aromatic carbocycles. The van der Waals surface area contributed by atoms with Crippen LogP contribution in [0.15, 0.2) is 12.2 Å². The number of hydrogen-bond donors (Lipinski definition) is 1. The van der Waals surface area contributed by atoms with Gasteiger partial charge in [-0.15, -0.1) is 0 Å². The molecule has 0 heterocycles. The summed E-state index contributed by atoms with van der Waals surface area (Å²) in [5.74, 6) is 1.79. The molecule has 1 aliphatic carbocycles. The van der Waals surface area contributed by atoms with Gasteiger partial charge in [0.25, 0.3) is 0 Å². The highest BCUT2D eigenvalue weighted by molar-refractivity contribution is 4.95. The molecule has 0 bridgehead atoms. The lowest BCUT2D eigenvalue weighted by Crippen LogP contribution is -2.18. The van der Waals surface area contributed by atoms with Gasteiger partial charge in [-0.1, -0.05) is 12.2 Å². The number of rotatable bonds is 4. The smallest absolute Gasteiger partial charge is 0.00138 e. The fourth-order valence-electron chi connectivity index (χ4n) is 1.40. The van der Waals surface area contributed by atoms with Crippen molar-refractivity contribution in [2.45, 2.75) is 19.8 Å². The van der Waals surface area contributed by atoms with E-state index in [2.05, 4.69) is 24.4 Å². The normalized spacial score (nSPS) is 21.8. The second-order valence-corrected chi connectivity index (χ2v) is 3.08. The zero-order valence-electron chi connectivity index (χ0n) is 6.93. The SMILES string of the molecule is C/C=C\C(CNC)C1CC1. The van der Waals surface area contributed by atoms with E-state index in [4.69, 9.17) is 0 Å². The molecule has 1 saturated carbocycles. The first-order valence-corrected chi connectivity index (χ1v) is 4.16. The third kappa shape index (κ3) is 2.14. The van der Waals surface area contributed by atoms with Crippen molar-refractivity contribution in [3.05, 3.63) is 12.2 Å². The van der Waals surface area contributed by atoms with Crippen molar-refractivity contribution in [2.75, 3.05) is 13.6 Å². The predicted molar refractivity (Wildman–Crippen MR) is 45.0 cm³/mol. The van der Waals surface area contributed by atoms with E-state index >= 15 is 0 Å². The molecule has 1 rings (SSSR count). The number of allylic oxidation sites excluding steroid dienone is 1. The molecule has 1 nitrogen and oxygen atoms in total. The third-order valence-electron chi connectivity index (χ3n) is 2.11. The molecule has 10 heavy (non-hydrogen) atoms. The second-order valence-electron chi connectivity index (χ2n) is 3.08. The molecular weight excluding hydrogens is 122 g/mol. The van der Waals surface area contributed by atoms with E-state index < -0.39 is 0 Å². The van der Waals surface area contributed by atoms with Gasteiger partial charge in [-0.2, -0.15) is 0 Å². The van der Waals surface area contributed by atoms with Gasteiger partial charge in [0.05, 0.1) is 0 Å². The summed E-state index contributed by atoms with van der Waals surface area (Å²) < 4.78 is 0. The van der Waals surface area contributed by atoms with Crippen molar-refractivity contribution in [3.63, 3.8) is 0 Å². The molecule has 0 saturated heterocycles. The van der Waals surface area contributed by atoms with Gasteiger partial charge in [0, 0.05) is 6.54 Å². The molecule has 0 aromatic rings. The highest BCUT2D eigenvalue weighted by Crippen LogP contribution is 2.37. The third-order valence-corrected chi connectivity index (χ3v) is 2.11. The Balaban J connectivity index is 2.26. The molecule has 0 aromatic heterocycles. The Labute approximate surface area is 63.5 Å². The summed E-state index contributed by atoms with van der Waals surface area (Å²) in [7, 11) is 2.03. The van der Waals surface area contributed by atoms with E-state index in [1.165, 1.54) is 12.8 Å². The lowest BCUT2D eigenvalue weighted by Gasteiger charge is -2.09. The lowest BCUT2D eigenvalue weighted by molar-refractivity contribution is 0.534. The molecule has 1 N–H and O–H groups in total. The molecule has 0 aliphatic heterocycles. The zero-order chi connectivity index (χ0) is 7.40. The maximum atomic E-state index is 3.22. The van der Waals surface area contributed by atoms with Crippen LogP contribution >= 0.6 is 0 Å². The molecule has 0 radical (unpaired) electrons. The molecule has 1 fully saturated rings. The Bertz CT molecular complexity index is 114. The van der Waals surface area contributed by atoms with Crippen LogP contribution in [0, 0.1) is 11.8 Å². The Morgan fingerprint density at radius 1 is 1.60 bits per heavy atom. The van der Waals surface area contributed by atoms with E-state index in [-0.39, 0.29) is 0 Å². The Morgan fingerprint density at radius 3 is 2.70 bits per heavy atom. The van der Waals surface area contributed by atoms with Gasteiger partial charge < -0.3 is 5.32 Å². The van der Waals surface area contributed by atoms with E-state index in [0.717, 1.165) is 18.4 Å². The van der Waals surface area contributed by atoms with Crippen molar-refractivity contribution in [1.29, 1.82) is 0 Å². The fraction of sp³-hybridized carbons (Fsp3) is 0.778. The molecule has 1 atom stereocenters. The van der Waals surface area contributed by atoms with Crippen LogP contribution in [0.4, 0.5) is 0 Å². The van der Waals surface area contributed by atoms with E-state index in [0.29, 0.717) is 0 Å². The van der Waals surface area contributed by atoms with Gasteiger partial charge >= 0.3 is 0 Å². The van der Waals surface area contributed by atoms with E-state index in [1.807, 2.05) is 7.05 Å². The first-order valence-electron chi connectivity index (χ1n) is 4.16. The first-order chi connectivity index (χ1) is 4.88. The Hall–Kier alpha value is -0.300. The summed E-state index contributed by atoms with van der Waals surface area (Å²) in [6.07, 6.45) is 7.38. The summed E-state index contributed by atoms with van der Waals surface area (Å²) in [5.41, 5.74) is 0. The van der Waals surface area contributed by atoms with Crippen LogP contribution in [0.1, 0.15) is 19.8 Å². The fourth-order valence-corrected chi connectivity index (χ4v) is 1.40. The van der Waals surface area contributed by atoms with Crippen LogP contribution in [0.3, 0.4) is 0 Å². The highest BCUT2D eigenvalue weighted by atomic mass is 14.8. The van der Waals surface area contributed by atoms with E-state index in [9.17, 15) is 0 Å². The topological polar surface area (TPSA) is 12.0 Å². The van der Waals surface area contributed by atoms with Crippen molar-refractivity contribution in [1.82, 2.24) is 5.32 Å². The average Bonchev–Trinajstić information content (AvgIpc) is 2.69. The molecule has 58 valence electrons. The molecule has 0 spiro atoms. The van der Waals surface area contributed by atoms with Crippen molar-refractivity contribution in [2.24, 2.45) is 11.8 Å². The monoisotopic (exact) mass is 139 g/mol. The summed E-state index contributed by atoms with van der Waals surface area (Å²) in [6, 6.07) is 0. The van der Waals surface area contributed by atoms with Gasteiger partial charge in [0.15, 0.2) is 0 Å². The number of nitrogens with one attached hydrogen (secondary N) is 1. The molecule has 1 aliphatic rings. The van der Waals surface area contributed by atoms with Crippen molar-refractivity contribution in [3.8, 4) is 0 Å². The minimum atomic E-state index is 0.801. The van der Waals surface area contributed by atoms with Gasteiger partial charge in [-0.05, 0) is 38.6 Å².